The average Bonchev–Trinajstić information content (AvgIpc) is 2.70. The normalized spacial score (nSPS) is 10.3. The van der Waals surface area contributed by atoms with Gasteiger partial charge in [-0.3, -0.25) is 9.78 Å². The number of hydrogen-bond donors (Lipinski definition) is 1. The summed E-state index contributed by atoms with van der Waals surface area (Å²) in [4.78, 5) is 18.9. The van der Waals surface area contributed by atoms with Crippen molar-refractivity contribution in [2.24, 2.45) is 0 Å². The number of aromatic nitrogens is 1. The van der Waals surface area contributed by atoms with Crippen LogP contribution in [-0.2, 0) is 0 Å². The first kappa shape index (κ1) is 14.0. The molecule has 1 amide bonds. The van der Waals surface area contributed by atoms with Gasteiger partial charge < -0.3 is 10.2 Å². The second-order valence-corrected chi connectivity index (χ2v) is 6.68. The van der Waals surface area contributed by atoms with Gasteiger partial charge in [-0.25, -0.2) is 0 Å². The Hall–Kier alpha value is -1.40. The van der Waals surface area contributed by atoms with E-state index >= 15 is 0 Å². The van der Waals surface area contributed by atoms with Crippen molar-refractivity contribution in [3.8, 4) is 0 Å². The number of nitrogens with one attached hydrogen (secondary N) is 1. The van der Waals surface area contributed by atoms with Gasteiger partial charge in [-0.2, -0.15) is 0 Å². The summed E-state index contributed by atoms with van der Waals surface area (Å²) in [5.74, 6) is -0.116. The van der Waals surface area contributed by atoms with Gasteiger partial charge in [-0.15, -0.1) is 11.3 Å². The molecule has 0 saturated carbocycles. The van der Waals surface area contributed by atoms with Crippen LogP contribution in [0.3, 0.4) is 0 Å². The predicted octanol–water partition coefficient (Wildman–Crippen LogP) is 3.53. The molecule has 6 heteroatoms. The summed E-state index contributed by atoms with van der Waals surface area (Å²) in [6, 6.07) is 3.74. The molecule has 0 unspecified atom stereocenters. The van der Waals surface area contributed by atoms with E-state index in [0.29, 0.717) is 10.6 Å². The van der Waals surface area contributed by atoms with Gasteiger partial charge in [0.05, 0.1) is 26.2 Å². The first-order chi connectivity index (χ1) is 8.99. The summed E-state index contributed by atoms with van der Waals surface area (Å²) >= 11 is 4.85. The minimum Gasteiger partial charge on any atom is -0.376 e. The van der Waals surface area contributed by atoms with E-state index in [9.17, 15) is 4.79 Å². The van der Waals surface area contributed by atoms with Crippen molar-refractivity contribution in [3.63, 3.8) is 0 Å². The molecule has 0 fully saturated rings. The molecule has 0 saturated heterocycles. The molecular weight excluding hydrogens is 326 g/mol. The molecule has 4 nitrogen and oxygen atoms in total. The lowest BCUT2D eigenvalue weighted by atomic mass is 10.3. The molecule has 0 atom stereocenters. The second-order valence-electron chi connectivity index (χ2n) is 4.31. The van der Waals surface area contributed by atoms with Crippen LogP contribution in [0.4, 0.5) is 11.4 Å². The van der Waals surface area contributed by atoms with Crippen molar-refractivity contribution in [2.75, 3.05) is 24.3 Å². The molecule has 2 aromatic heterocycles. The molecule has 1 N–H and O–H groups in total. The van der Waals surface area contributed by atoms with E-state index < -0.39 is 0 Å². The third kappa shape index (κ3) is 3.13. The Labute approximate surface area is 124 Å². The fourth-order valence-corrected chi connectivity index (χ4v) is 3.06. The lowest BCUT2D eigenvalue weighted by molar-refractivity contribution is 0.103. The third-order valence-corrected chi connectivity index (χ3v) is 4.74. The van der Waals surface area contributed by atoms with Crippen molar-refractivity contribution in [1.82, 2.24) is 4.98 Å². The molecule has 2 rings (SSSR count). The fraction of sp³-hybridized carbons (Fsp3) is 0.231. The van der Waals surface area contributed by atoms with Crippen LogP contribution in [0.15, 0.2) is 28.3 Å². The van der Waals surface area contributed by atoms with E-state index in [-0.39, 0.29) is 5.91 Å². The highest BCUT2D eigenvalue weighted by Gasteiger charge is 2.13. The Morgan fingerprint density at radius 2 is 2.21 bits per heavy atom. The fourth-order valence-electron chi connectivity index (χ4n) is 1.63. The predicted molar refractivity (Wildman–Crippen MR) is 83.3 cm³/mol. The van der Waals surface area contributed by atoms with Crippen molar-refractivity contribution in [1.29, 1.82) is 0 Å². The van der Waals surface area contributed by atoms with Crippen LogP contribution in [0.5, 0.6) is 0 Å². The van der Waals surface area contributed by atoms with E-state index in [0.717, 1.165) is 15.0 Å². The standard InChI is InChI=1S/C13H14BrN3OS/c1-8-6-11(19-12(8)14)13(18)16-9-7-15-5-4-10(9)17(2)3/h4-7H,1-3H3,(H,16,18). The number of carbonyl (C=O) groups excluding carboxylic acids is 1. The Morgan fingerprint density at radius 1 is 1.47 bits per heavy atom. The van der Waals surface area contributed by atoms with Gasteiger partial charge in [0.15, 0.2) is 0 Å². The Kier molecular flexibility index (Phi) is 4.21. The molecule has 0 aromatic carbocycles. The molecule has 2 heterocycles. The van der Waals surface area contributed by atoms with E-state index in [2.05, 4.69) is 26.2 Å². The van der Waals surface area contributed by atoms with Crippen LogP contribution >= 0.6 is 27.3 Å². The van der Waals surface area contributed by atoms with Crippen LogP contribution < -0.4 is 10.2 Å². The highest BCUT2D eigenvalue weighted by atomic mass is 79.9. The number of carbonyl (C=O) groups is 1. The highest BCUT2D eigenvalue weighted by molar-refractivity contribution is 9.11. The zero-order valence-corrected chi connectivity index (χ0v) is 13.3. The van der Waals surface area contributed by atoms with Gasteiger partial charge in [0, 0.05) is 20.3 Å². The summed E-state index contributed by atoms with van der Waals surface area (Å²) in [6.07, 6.45) is 3.36. The van der Waals surface area contributed by atoms with Crippen LogP contribution in [0.25, 0.3) is 0 Å². The van der Waals surface area contributed by atoms with Crippen LogP contribution in [0.1, 0.15) is 15.2 Å². The van der Waals surface area contributed by atoms with E-state index in [1.807, 2.05) is 38.1 Å². The summed E-state index contributed by atoms with van der Waals surface area (Å²) in [6.45, 7) is 1.96. The van der Waals surface area contributed by atoms with Gasteiger partial charge in [-0.1, -0.05) is 0 Å². The maximum absolute atomic E-state index is 12.2. The first-order valence-corrected chi connectivity index (χ1v) is 7.28. The number of hydrogen-bond acceptors (Lipinski definition) is 4. The smallest absolute Gasteiger partial charge is 0.265 e. The maximum Gasteiger partial charge on any atom is 0.265 e. The van der Waals surface area contributed by atoms with Crippen LogP contribution in [0, 0.1) is 6.92 Å². The third-order valence-electron chi connectivity index (χ3n) is 2.61. The largest absolute Gasteiger partial charge is 0.376 e. The number of nitrogens with zero attached hydrogens (tertiary/aromatic N) is 2. The Balaban J connectivity index is 2.24. The average molecular weight is 340 g/mol. The quantitative estimate of drug-likeness (QED) is 0.930. The van der Waals surface area contributed by atoms with Crippen LogP contribution in [-0.4, -0.2) is 25.0 Å². The van der Waals surface area contributed by atoms with E-state index in [4.69, 9.17) is 0 Å². The summed E-state index contributed by atoms with van der Waals surface area (Å²) in [5.41, 5.74) is 2.70. The Morgan fingerprint density at radius 3 is 2.79 bits per heavy atom. The zero-order valence-electron chi connectivity index (χ0n) is 10.9. The summed E-state index contributed by atoms with van der Waals surface area (Å²) in [7, 11) is 3.85. The number of anilines is 2. The van der Waals surface area contributed by atoms with Gasteiger partial charge in [0.2, 0.25) is 0 Å². The monoisotopic (exact) mass is 339 g/mol. The molecular formula is C13H14BrN3OS. The minimum atomic E-state index is -0.116. The number of pyridine rings is 1. The first-order valence-electron chi connectivity index (χ1n) is 5.67. The van der Waals surface area contributed by atoms with Crippen molar-refractivity contribution >= 4 is 44.5 Å². The number of rotatable bonds is 3. The molecule has 0 radical (unpaired) electrons. The van der Waals surface area contributed by atoms with Gasteiger partial charge in [0.1, 0.15) is 0 Å². The lowest BCUT2D eigenvalue weighted by Gasteiger charge is -2.16. The second kappa shape index (κ2) is 5.71. The molecule has 0 bridgehead atoms. The van der Waals surface area contributed by atoms with Crippen LogP contribution in [0.2, 0.25) is 0 Å². The van der Waals surface area contributed by atoms with Gasteiger partial charge >= 0.3 is 0 Å². The molecule has 100 valence electrons. The summed E-state index contributed by atoms with van der Waals surface area (Å²) < 4.78 is 0.983. The van der Waals surface area contributed by atoms with Gasteiger partial charge in [0.25, 0.3) is 5.91 Å². The van der Waals surface area contributed by atoms with Crippen molar-refractivity contribution in [3.05, 3.63) is 38.8 Å². The molecule has 0 aliphatic heterocycles. The number of aryl methyl sites for hydroxylation is 1. The molecule has 0 aliphatic carbocycles. The maximum atomic E-state index is 12.2. The topological polar surface area (TPSA) is 45.2 Å². The number of amides is 1. The molecule has 0 aliphatic rings. The SMILES string of the molecule is Cc1cc(C(=O)Nc2cnccc2N(C)C)sc1Br. The zero-order chi connectivity index (χ0) is 14.0. The minimum absolute atomic E-state index is 0.116. The molecule has 0 spiro atoms. The lowest BCUT2D eigenvalue weighted by Crippen LogP contribution is -2.16. The van der Waals surface area contributed by atoms with E-state index in [1.54, 1.807) is 12.4 Å². The molecule has 19 heavy (non-hydrogen) atoms. The number of thiophene rings is 1. The van der Waals surface area contributed by atoms with Gasteiger partial charge in [-0.05, 0) is 40.5 Å². The Bertz CT molecular complexity index is 590. The number of halogens is 1. The van der Waals surface area contributed by atoms with Crippen molar-refractivity contribution < 1.29 is 4.79 Å². The molecule has 2 aromatic rings. The highest BCUT2D eigenvalue weighted by Crippen LogP contribution is 2.29. The van der Waals surface area contributed by atoms with E-state index in [1.165, 1.54) is 11.3 Å². The summed E-state index contributed by atoms with van der Waals surface area (Å²) in [5, 5.41) is 2.90. The van der Waals surface area contributed by atoms with Crippen molar-refractivity contribution in [2.45, 2.75) is 6.92 Å².